The number of aromatic carboxylic acids is 1. The molecule has 1 aliphatic heterocycles. The minimum absolute atomic E-state index is 0.00577. The van der Waals surface area contributed by atoms with Crippen molar-refractivity contribution in [1.29, 1.82) is 0 Å². The number of fused-ring (bicyclic) bond motifs is 4. The van der Waals surface area contributed by atoms with E-state index in [1.807, 2.05) is 0 Å². The molecule has 7 nitrogen and oxygen atoms in total. The quantitative estimate of drug-likeness (QED) is 0.523. The first-order valence-electron chi connectivity index (χ1n) is 6.31. The highest BCUT2D eigenvalue weighted by atomic mass is 16.7. The summed E-state index contributed by atoms with van der Waals surface area (Å²) in [6.07, 6.45) is 0. The summed E-state index contributed by atoms with van der Waals surface area (Å²) in [5.74, 6) is -0.722. The number of carbonyl (C=O) groups is 1. The third-order valence-electron chi connectivity index (χ3n) is 3.52. The molecule has 0 saturated carbocycles. The fourth-order valence-electron chi connectivity index (χ4n) is 2.60. The van der Waals surface area contributed by atoms with Gasteiger partial charge in [-0.1, -0.05) is 0 Å². The molecule has 0 fully saturated rings. The summed E-state index contributed by atoms with van der Waals surface area (Å²) >= 11 is 0. The summed E-state index contributed by atoms with van der Waals surface area (Å²) in [5, 5.41) is 19.7. The molecule has 0 atom stereocenters. The second-order valence-corrected chi connectivity index (χ2v) is 4.81. The summed E-state index contributed by atoms with van der Waals surface area (Å²) in [6, 6.07) is 5.31. The van der Waals surface area contributed by atoms with Crippen molar-refractivity contribution >= 4 is 27.7 Å². The lowest BCUT2D eigenvalue weighted by atomic mass is 10.0. The van der Waals surface area contributed by atoms with Crippen LogP contribution in [-0.2, 0) is 0 Å². The highest BCUT2D eigenvalue weighted by molar-refractivity contribution is 6.15. The highest BCUT2D eigenvalue weighted by Gasteiger charge is 2.21. The Labute approximate surface area is 121 Å². The van der Waals surface area contributed by atoms with E-state index in [4.69, 9.17) is 13.9 Å². The normalized spacial score (nSPS) is 12.9. The average molecular weight is 300 g/mol. The average Bonchev–Trinajstić information content (AvgIpc) is 2.91. The van der Waals surface area contributed by atoms with Crippen molar-refractivity contribution in [2.45, 2.75) is 0 Å². The summed E-state index contributed by atoms with van der Waals surface area (Å²) < 4.78 is 15.6. The van der Waals surface area contributed by atoms with Crippen molar-refractivity contribution in [3.63, 3.8) is 0 Å². The number of carboxylic acid groups (broad SMARTS) is 1. The Morgan fingerprint density at radius 2 is 1.73 bits per heavy atom. The van der Waals surface area contributed by atoms with Crippen LogP contribution in [-0.4, -0.2) is 23.0 Å². The zero-order chi connectivity index (χ0) is 15.4. The van der Waals surface area contributed by atoms with E-state index in [1.165, 1.54) is 12.1 Å². The molecule has 0 bridgehead atoms. The summed E-state index contributed by atoms with van der Waals surface area (Å²) in [7, 11) is 0. The zero-order valence-electron chi connectivity index (χ0n) is 11.0. The number of rotatable bonds is 1. The van der Waals surface area contributed by atoms with E-state index in [0.29, 0.717) is 16.9 Å². The Hall–Kier alpha value is -3.22. The van der Waals surface area contributed by atoms with Crippen LogP contribution >= 0.6 is 0 Å². The molecule has 0 radical (unpaired) electrons. The third kappa shape index (κ3) is 1.62. The molecule has 2 aromatic carbocycles. The van der Waals surface area contributed by atoms with Crippen LogP contribution in [0.5, 0.6) is 17.2 Å². The van der Waals surface area contributed by atoms with Crippen molar-refractivity contribution < 1.29 is 28.9 Å². The van der Waals surface area contributed by atoms with Gasteiger partial charge in [-0.15, -0.1) is 0 Å². The minimum Gasteiger partial charge on any atom is -0.508 e. The molecule has 0 spiro atoms. The maximum absolute atomic E-state index is 12.1. The number of benzene rings is 2. The fourth-order valence-corrected chi connectivity index (χ4v) is 2.60. The molecule has 110 valence electrons. The van der Waals surface area contributed by atoms with Crippen LogP contribution in [0.4, 0.5) is 0 Å². The lowest BCUT2D eigenvalue weighted by molar-refractivity contribution is 0.0698. The van der Waals surface area contributed by atoms with E-state index in [9.17, 15) is 19.8 Å². The van der Waals surface area contributed by atoms with E-state index in [1.54, 1.807) is 6.07 Å². The van der Waals surface area contributed by atoms with Crippen LogP contribution in [0.1, 0.15) is 10.4 Å². The van der Waals surface area contributed by atoms with E-state index in [-0.39, 0.29) is 34.5 Å². The van der Waals surface area contributed by atoms with Gasteiger partial charge < -0.3 is 24.1 Å². The summed E-state index contributed by atoms with van der Waals surface area (Å²) in [6.45, 7) is 0.0293. The molecule has 0 amide bonds. The van der Waals surface area contributed by atoms with Gasteiger partial charge in [0.25, 0.3) is 0 Å². The lowest BCUT2D eigenvalue weighted by Gasteiger charge is -2.07. The van der Waals surface area contributed by atoms with Crippen molar-refractivity contribution in [2.75, 3.05) is 6.79 Å². The first-order chi connectivity index (χ1) is 10.5. The predicted molar refractivity (Wildman–Crippen MR) is 74.7 cm³/mol. The zero-order valence-corrected chi connectivity index (χ0v) is 11.0. The van der Waals surface area contributed by atoms with E-state index < -0.39 is 11.6 Å². The van der Waals surface area contributed by atoms with Gasteiger partial charge in [0.2, 0.25) is 6.79 Å². The van der Waals surface area contributed by atoms with Crippen LogP contribution < -0.4 is 15.1 Å². The van der Waals surface area contributed by atoms with Gasteiger partial charge >= 0.3 is 11.6 Å². The maximum Gasteiger partial charge on any atom is 0.344 e. The molecule has 7 heteroatoms. The first kappa shape index (κ1) is 12.5. The number of ether oxygens (including phenoxy) is 2. The van der Waals surface area contributed by atoms with Gasteiger partial charge in [0.1, 0.15) is 11.3 Å². The number of hydrogen-bond donors (Lipinski definition) is 2. The summed E-state index contributed by atoms with van der Waals surface area (Å²) in [4.78, 5) is 23.5. The third-order valence-corrected chi connectivity index (χ3v) is 3.52. The number of phenols is 1. The maximum atomic E-state index is 12.1. The van der Waals surface area contributed by atoms with Crippen LogP contribution in [0.3, 0.4) is 0 Å². The Balaban J connectivity index is 2.27. The molecule has 2 N–H and O–H groups in total. The number of aromatic hydroxyl groups is 1. The fraction of sp³-hybridized carbons (Fsp3) is 0.0667. The number of hydrogen-bond acceptors (Lipinski definition) is 6. The van der Waals surface area contributed by atoms with E-state index in [0.717, 1.165) is 6.07 Å². The lowest BCUT2D eigenvalue weighted by Crippen LogP contribution is -2.04. The predicted octanol–water partition coefficient (Wildman–Crippen LogP) is 2.08. The van der Waals surface area contributed by atoms with Crippen molar-refractivity contribution in [1.82, 2.24) is 0 Å². The van der Waals surface area contributed by atoms with Gasteiger partial charge in [0.05, 0.1) is 10.9 Å². The molecule has 0 unspecified atom stereocenters. The topological polar surface area (TPSA) is 106 Å². The van der Waals surface area contributed by atoms with Gasteiger partial charge in [-0.2, -0.15) is 0 Å². The van der Waals surface area contributed by atoms with Gasteiger partial charge in [0.15, 0.2) is 11.5 Å². The molecule has 0 aliphatic carbocycles. The molecule has 22 heavy (non-hydrogen) atoms. The molecule has 4 rings (SSSR count). The Bertz CT molecular complexity index is 1020. The molecule has 3 aromatic rings. The standard InChI is InChI=1S/C15H8O7/c16-6-1-9(14(17)18)13-7-3-10-11(21-5-20-10)4-8(7)15(19)22-12(13)2-6/h1-4,16H,5H2,(H,17,18). The number of phenolic OH excluding ortho intramolecular Hbond substituents is 1. The van der Waals surface area contributed by atoms with Gasteiger partial charge in [-0.05, 0) is 18.2 Å². The first-order valence-corrected chi connectivity index (χ1v) is 6.31. The van der Waals surface area contributed by atoms with Crippen LogP contribution in [0, 0.1) is 0 Å². The number of carboxylic acids is 1. The largest absolute Gasteiger partial charge is 0.508 e. The Kier molecular flexibility index (Phi) is 2.35. The van der Waals surface area contributed by atoms with Crippen molar-refractivity contribution in [3.8, 4) is 17.2 Å². The second-order valence-electron chi connectivity index (χ2n) is 4.81. The smallest absolute Gasteiger partial charge is 0.344 e. The molecule has 2 heterocycles. The molecule has 0 saturated heterocycles. The molecule has 1 aliphatic rings. The van der Waals surface area contributed by atoms with Gasteiger partial charge in [-0.25, -0.2) is 9.59 Å². The monoisotopic (exact) mass is 300 g/mol. The van der Waals surface area contributed by atoms with E-state index in [2.05, 4.69) is 0 Å². The van der Waals surface area contributed by atoms with E-state index >= 15 is 0 Å². The highest BCUT2D eigenvalue weighted by Crippen LogP contribution is 2.38. The Morgan fingerprint density at radius 1 is 1.05 bits per heavy atom. The molecular weight excluding hydrogens is 292 g/mol. The van der Waals surface area contributed by atoms with Crippen LogP contribution in [0.2, 0.25) is 0 Å². The van der Waals surface area contributed by atoms with Crippen molar-refractivity contribution in [3.05, 3.63) is 40.2 Å². The molecule has 1 aromatic heterocycles. The van der Waals surface area contributed by atoms with Crippen molar-refractivity contribution in [2.24, 2.45) is 0 Å². The van der Waals surface area contributed by atoms with Crippen LogP contribution in [0.15, 0.2) is 33.5 Å². The second kappa shape index (κ2) is 4.14. The summed E-state index contributed by atoms with van der Waals surface area (Å²) in [5.41, 5.74) is -0.820. The van der Waals surface area contributed by atoms with Crippen LogP contribution in [0.25, 0.3) is 21.7 Å². The molecular formula is C15H8O7. The van der Waals surface area contributed by atoms with Gasteiger partial charge in [0, 0.05) is 16.8 Å². The Morgan fingerprint density at radius 3 is 2.41 bits per heavy atom. The SMILES string of the molecule is O=C(O)c1cc(O)cc2oc(=O)c3cc4c(cc3c12)OCO4. The minimum atomic E-state index is -1.24. The van der Waals surface area contributed by atoms with Gasteiger partial charge in [-0.3, -0.25) is 0 Å².